The number of nitrogens with one attached hydrogen (secondary N) is 1. The SMILES string of the molecule is S=c1nc[nH]c2c1c(-c1ccccc1)c(-c1ccccc1)n2C1CCCCC1. The van der Waals surface area contributed by atoms with E-state index in [1.54, 1.807) is 6.33 Å². The molecule has 3 nitrogen and oxygen atoms in total. The zero-order chi connectivity index (χ0) is 18.9. The molecular formula is C24H23N3S. The van der Waals surface area contributed by atoms with Gasteiger partial charge in [0.1, 0.15) is 10.3 Å². The lowest BCUT2D eigenvalue weighted by Gasteiger charge is -2.26. The number of benzene rings is 2. The van der Waals surface area contributed by atoms with Crippen LogP contribution in [-0.4, -0.2) is 14.5 Å². The molecule has 0 atom stereocenters. The molecule has 1 N–H and O–H groups in total. The van der Waals surface area contributed by atoms with E-state index < -0.39 is 0 Å². The van der Waals surface area contributed by atoms with Crippen LogP contribution in [0.4, 0.5) is 0 Å². The van der Waals surface area contributed by atoms with Crippen LogP contribution >= 0.6 is 12.2 Å². The lowest BCUT2D eigenvalue weighted by molar-refractivity contribution is 0.362. The third-order valence-electron chi connectivity index (χ3n) is 5.85. The van der Waals surface area contributed by atoms with Crippen molar-refractivity contribution in [1.82, 2.24) is 14.5 Å². The first-order valence-electron chi connectivity index (χ1n) is 10.1. The average Bonchev–Trinajstić information content (AvgIpc) is 3.12. The number of fused-ring (bicyclic) bond motifs is 1. The monoisotopic (exact) mass is 385 g/mol. The Labute approximate surface area is 170 Å². The number of H-pyrrole nitrogens is 1. The van der Waals surface area contributed by atoms with E-state index in [1.165, 1.54) is 54.5 Å². The molecule has 140 valence electrons. The first kappa shape index (κ1) is 17.4. The molecule has 1 fully saturated rings. The Morgan fingerprint density at radius 2 is 1.50 bits per heavy atom. The highest BCUT2D eigenvalue weighted by Gasteiger charge is 2.27. The van der Waals surface area contributed by atoms with Crippen molar-refractivity contribution in [3.8, 4) is 22.4 Å². The molecule has 0 aliphatic heterocycles. The van der Waals surface area contributed by atoms with E-state index in [2.05, 4.69) is 75.2 Å². The van der Waals surface area contributed by atoms with Crippen molar-refractivity contribution < 1.29 is 0 Å². The number of nitrogens with zero attached hydrogens (tertiary/aromatic N) is 2. The summed E-state index contributed by atoms with van der Waals surface area (Å²) in [5.41, 5.74) is 5.97. The van der Waals surface area contributed by atoms with E-state index in [1.807, 2.05) is 0 Å². The van der Waals surface area contributed by atoms with E-state index in [0.29, 0.717) is 10.7 Å². The van der Waals surface area contributed by atoms with Crippen LogP contribution < -0.4 is 0 Å². The summed E-state index contributed by atoms with van der Waals surface area (Å²) in [5, 5.41) is 1.06. The van der Waals surface area contributed by atoms with Gasteiger partial charge in [-0.25, -0.2) is 4.98 Å². The van der Waals surface area contributed by atoms with E-state index >= 15 is 0 Å². The molecule has 4 aromatic rings. The Bertz CT molecular complexity index is 1150. The van der Waals surface area contributed by atoms with Gasteiger partial charge in [-0.05, 0) is 24.0 Å². The van der Waals surface area contributed by atoms with Gasteiger partial charge in [0.2, 0.25) is 0 Å². The van der Waals surface area contributed by atoms with Crippen molar-refractivity contribution in [2.24, 2.45) is 0 Å². The lowest BCUT2D eigenvalue weighted by atomic mass is 9.94. The van der Waals surface area contributed by atoms with Gasteiger partial charge in [0.25, 0.3) is 0 Å². The second-order valence-corrected chi connectivity index (χ2v) is 7.94. The molecular weight excluding hydrogens is 362 g/mol. The van der Waals surface area contributed by atoms with E-state index in [4.69, 9.17) is 12.2 Å². The maximum absolute atomic E-state index is 5.72. The fourth-order valence-corrected chi connectivity index (χ4v) is 4.88. The topological polar surface area (TPSA) is 33.6 Å². The number of hydrogen-bond acceptors (Lipinski definition) is 2. The molecule has 1 aliphatic carbocycles. The molecule has 2 aromatic heterocycles. The Morgan fingerprint density at radius 1 is 0.857 bits per heavy atom. The molecule has 4 heteroatoms. The standard InChI is InChI=1S/C24H23N3S/c28-24-21-20(17-10-4-1-5-11-17)22(18-12-6-2-7-13-18)27(23(21)25-16-26-24)19-14-8-3-9-15-19/h1-2,4-7,10-13,16,19H,3,8-9,14-15H2,(H,25,26,28). The highest BCUT2D eigenvalue weighted by Crippen LogP contribution is 2.44. The summed E-state index contributed by atoms with van der Waals surface area (Å²) in [6, 6.07) is 21.8. The smallest absolute Gasteiger partial charge is 0.139 e. The molecule has 0 saturated heterocycles. The molecule has 2 aromatic carbocycles. The van der Waals surface area contributed by atoms with Gasteiger partial charge < -0.3 is 9.55 Å². The van der Waals surface area contributed by atoms with Gasteiger partial charge in [0.05, 0.1) is 17.4 Å². The normalized spacial score (nSPS) is 15.1. The van der Waals surface area contributed by atoms with Gasteiger partial charge in [-0.3, -0.25) is 0 Å². The highest BCUT2D eigenvalue weighted by molar-refractivity contribution is 7.71. The zero-order valence-electron chi connectivity index (χ0n) is 15.8. The summed E-state index contributed by atoms with van der Waals surface area (Å²) < 4.78 is 3.18. The van der Waals surface area contributed by atoms with Gasteiger partial charge in [0, 0.05) is 11.6 Å². The fourth-order valence-electron chi connectivity index (χ4n) is 4.63. The summed E-state index contributed by atoms with van der Waals surface area (Å²) in [6.07, 6.45) is 8.06. The molecule has 1 aliphatic rings. The van der Waals surface area contributed by atoms with E-state index in [0.717, 1.165) is 11.0 Å². The predicted octanol–water partition coefficient (Wildman–Crippen LogP) is 6.93. The van der Waals surface area contributed by atoms with Crippen molar-refractivity contribution >= 4 is 23.3 Å². The van der Waals surface area contributed by atoms with Gasteiger partial charge in [0.15, 0.2) is 0 Å². The van der Waals surface area contributed by atoms with Crippen molar-refractivity contribution in [2.75, 3.05) is 0 Å². The molecule has 1 saturated carbocycles. The quantitative estimate of drug-likeness (QED) is 0.388. The third kappa shape index (κ3) is 2.89. The van der Waals surface area contributed by atoms with Crippen LogP contribution in [0.15, 0.2) is 67.0 Å². The van der Waals surface area contributed by atoms with Gasteiger partial charge in [-0.15, -0.1) is 0 Å². The maximum atomic E-state index is 5.72. The van der Waals surface area contributed by atoms with Crippen molar-refractivity contribution in [2.45, 2.75) is 38.1 Å². The van der Waals surface area contributed by atoms with E-state index in [-0.39, 0.29) is 0 Å². The minimum Gasteiger partial charge on any atom is -0.332 e. The number of aromatic amines is 1. The second kappa shape index (κ2) is 7.36. The van der Waals surface area contributed by atoms with Crippen LogP contribution in [0.2, 0.25) is 0 Å². The second-order valence-electron chi connectivity index (χ2n) is 7.55. The molecule has 5 rings (SSSR count). The minimum atomic E-state index is 0.483. The van der Waals surface area contributed by atoms with E-state index in [9.17, 15) is 0 Å². The van der Waals surface area contributed by atoms with Crippen LogP contribution in [-0.2, 0) is 0 Å². The summed E-state index contributed by atoms with van der Waals surface area (Å²) in [6.45, 7) is 0. The average molecular weight is 386 g/mol. The Balaban J connectivity index is 1.92. The molecule has 0 radical (unpaired) electrons. The molecule has 0 unspecified atom stereocenters. The molecule has 2 heterocycles. The first-order chi connectivity index (χ1) is 13.8. The molecule has 0 spiro atoms. The van der Waals surface area contributed by atoms with Crippen LogP contribution in [0.25, 0.3) is 33.4 Å². The largest absolute Gasteiger partial charge is 0.332 e. The van der Waals surface area contributed by atoms with Gasteiger partial charge in [-0.2, -0.15) is 0 Å². The van der Waals surface area contributed by atoms with Crippen LogP contribution in [0.1, 0.15) is 38.1 Å². The van der Waals surface area contributed by atoms with Crippen LogP contribution in [0, 0.1) is 4.64 Å². The Morgan fingerprint density at radius 3 is 2.18 bits per heavy atom. The van der Waals surface area contributed by atoms with Crippen molar-refractivity contribution in [3.05, 3.63) is 71.6 Å². The van der Waals surface area contributed by atoms with Gasteiger partial charge >= 0.3 is 0 Å². The highest BCUT2D eigenvalue weighted by atomic mass is 32.1. The summed E-state index contributed by atoms with van der Waals surface area (Å²) in [4.78, 5) is 7.88. The number of aromatic nitrogens is 3. The van der Waals surface area contributed by atoms with Crippen molar-refractivity contribution in [3.63, 3.8) is 0 Å². The lowest BCUT2D eigenvalue weighted by Crippen LogP contribution is -2.14. The van der Waals surface area contributed by atoms with Gasteiger partial charge in [-0.1, -0.05) is 92.1 Å². The summed E-state index contributed by atoms with van der Waals surface area (Å²) >= 11 is 5.72. The minimum absolute atomic E-state index is 0.483. The number of rotatable bonds is 3. The zero-order valence-corrected chi connectivity index (χ0v) is 16.6. The predicted molar refractivity (Wildman–Crippen MR) is 118 cm³/mol. The van der Waals surface area contributed by atoms with Crippen LogP contribution in [0.3, 0.4) is 0 Å². The molecule has 28 heavy (non-hydrogen) atoms. The Hall–Kier alpha value is -2.72. The first-order valence-corrected chi connectivity index (χ1v) is 10.5. The third-order valence-corrected chi connectivity index (χ3v) is 6.16. The maximum Gasteiger partial charge on any atom is 0.139 e. The van der Waals surface area contributed by atoms with Crippen LogP contribution in [0.5, 0.6) is 0 Å². The molecule has 0 bridgehead atoms. The fraction of sp³-hybridized carbons (Fsp3) is 0.250. The Kier molecular flexibility index (Phi) is 4.57. The van der Waals surface area contributed by atoms with Crippen molar-refractivity contribution in [1.29, 1.82) is 0 Å². The summed E-state index contributed by atoms with van der Waals surface area (Å²) in [7, 11) is 0. The number of hydrogen-bond donors (Lipinski definition) is 1. The summed E-state index contributed by atoms with van der Waals surface area (Å²) in [5.74, 6) is 0. The molecule has 0 amide bonds.